The molecule has 0 radical (unpaired) electrons. The van der Waals surface area contributed by atoms with E-state index < -0.39 is 0 Å². The molecule has 1 N–H and O–H groups in total. The van der Waals surface area contributed by atoms with Gasteiger partial charge in [-0.3, -0.25) is 4.90 Å². The van der Waals surface area contributed by atoms with Crippen LogP contribution < -0.4 is 10.1 Å². The van der Waals surface area contributed by atoms with E-state index in [1.54, 1.807) is 0 Å². The molecule has 0 unspecified atom stereocenters. The number of ether oxygens (including phenoxy) is 1. The molecular weight excluding hydrogens is 379 g/mol. The largest absolute Gasteiger partial charge is 0.494 e. The summed E-state index contributed by atoms with van der Waals surface area (Å²) in [6.07, 6.45) is 5.06. The lowest BCUT2D eigenvalue weighted by Gasteiger charge is -2.36. The SMILES string of the molecule is CCCCC[C@H](c1c(OCC)ccc2ccccc12)N1CCNCC1.Cl.Cl. The quantitative estimate of drug-likeness (QED) is 0.570. The number of halogens is 2. The van der Waals surface area contributed by atoms with Gasteiger partial charge in [0.15, 0.2) is 0 Å². The zero-order chi connectivity index (χ0) is 17.5. The van der Waals surface area contributed by atoms with Crippen molar-refractivity contribution in [2.24, 2.45) is 0 Å². The molecule has 0 spiro atoms. The second-order valence-corrected chi connectivity index (χ2v) is 6.93. The summed E-state index contributed by atoms with van der Waals surface area (Å²) in [6, 6.07) is 13.6. The number of unbranched alkanes of at least 4 members (excludes halogenated alkanes) is 2. The lowest BCUT2D eigenvalue weighted by Crippen LogP contribution is -2.45. The van der Waals surface area contributed by atoms with Crippen molar-refractivity contribution in [2.45, 2.75) is 45.6 Å². The van der Waals surface area contributed by atoms with Crippen molar-refractivity contribution in [3.05, 3.63) is 42.0 Å². The van der Waals surface area contributed by atoms with E-state index in [0.717, 1.165) is 31.9 Å². The van der Waals surface area contributed by atoms with Gasteiger partial charge in [0, 0.05) is 37.8 Å². The number of hydrogen-bond donors (Lipinski definition) is 1. The van der Waals surface area contributed by atoms with E-state index in [0.29, 0.717) is 12.6 Å². The molecule has 27 heavy (non-hydrogen) atoms. The summed E-state index contributed by atoms with van der Waals surface area (Å²) in [5.74, 6) is 1.07. The third kappa shape index (κ3) is 5.99. The molecule has 5 heteroatoms. The zero-order valence-corrected chi connectivity index (χ0v) is 18.2. The third-order valence-electron chi connectivity index (χ3n) is 5.24. The Morgan fingerprint density at radius 2 is 1.74 bits per heavy atom. The summed E-state index contributed by atoms with van der Waals surface area (Å²) < 4.78 is 6.08. The van der Waals surface area contributed by atoms with Crippen LogP contribution in [0.1, 0.15) is 51.1 Å². The van der Waals surface area contributed by atoms with Crippen molar-refractivity contribution in [2.75, 3.05) is 32.8 Å². The summed E-state index contributed by atoms with van der Waals surface area (Å²) in [5.41, 5.74) is 1.40. The van der Waals surface area contributed by atoms with Gasteiger partial charge in [0.2, 0.25) is 0 Å². The number of nitrogens with one attached hydrogen (secondary N) is 1. The smallest absolute Gasteiger partial charge is 0.124 e. The van der Waals surface area contributed by atoms with Crippen LogP contribution in [-0.4, -0.2) is 37.7 Å². The van der Waals surface area contributed by atoms with E-state index >= 15 is 0 Å². The van der Waals surface area contributed by atoms with Gasteiger partial charge in [0.25, 0.3) is 0 Å². The average molecular weight is 413 g/mol. The van der Waals surface area contributed by atoms with Gasteiger partial charge < -0.3 is 10.1 Å². The Bertz CT molecular complexity index is 674. The first kappa shape index (κ1) is 24.0. The number of rotatable bonds is 8. The maximum absolute atomic E-state index is 6.08. The zero-order valence-electron chi connectivity index (χ0n) is 16.6. The third-order valence-corrected chi connectivity index (χ3v) is 5.24. The highest BCUT2D eigenvalue weighted by atomic mass is 35.5. The molecule has 1 heterocycles. The van der Waals surface area contributed by atoms with Crippen molar-refractivity contribution in [3.8, 4) is 5.75 Å². The minimum absolute atomic E-state index is 0. The van der Waals surface area contributed by atoms with Crippen molar-refractivity contribution < 1.29 is 4.74 Å². The first-order valence-electron chi connectivity index (χ1n) is 9.94. The molecule has 2 aromatic carbocycles. The van der Waals surface area contributed by atoms with Crippen molar-refractivity contribution in [3.63, 3.8) is 0 Å². The van der Waals surface area contributed by atoms with Gasteiger partial charge in [-0.05, 0) is 30.2 Å². The Hall–Kier alpha value is -1.00. The Kier molecular flexibility index (Phi) is 11.1. The van der Waals surface area contributed by atoms with Crippen LogP contribution in [0.5, 0.6) is 5.75 Å². The van der Waals surface area contributed by atoms with Crippen molar-refractivity contribution >= 4 is 35.6 Å². The highest BCUT2D eigenvalue weighted by Gasteiger charge is 2.26. The van der Waals surface area contributed by atoms with Crippen LogP contribution in [0.4, 0.5) is 0 Å². The molecule has 1 aliphatic heterocycles. The molecule has 1 aliphatic rings. The topological polar surface area (TPSA) is 24.5 Å². The molecule has 2 aromatic rings. The number of hydrogen-bond acceptors (Lipinski definition) is 3. The molecule has 152 valence electrons. The van der Waals surface area contributed by atoms with E-state index in [9.17, 15) is 0 Å². The van der Waals surface area contributed by atoms with E-state index in [-0.39, 0.29) is 24.8 Å². The molecule has 0 aliphatic carbocycles. The fraction of sp³-hybridized carbons (Fsp3) is 0.545. The maximum Gasteiger partial charge on any atom is 0.124 e. The van der Waals surface area contributed by atoms with Gasteiger partial charge in [-0.15, -0.1) is 24.8 Å². The molecule has 0 saturated carbocycles. The number of benzene rings is 2. The first-order chi connectivity index (χ1) is 12.3. The summed E-state index contributed by atoms with van der Waals surface area (Å²) in [5, 5.41) is 6.16. The normalized spacial score (nSPS) is 15.6. The van der Waals surface area contributed by atoms with Crippen LogP contribution in [0.3, 0.4) is 0 Å². The summed E-state index contributed by atoms with van der Waals surface area (Å²) in [6.45, 7) is 9.48. The van der Waals surface area contributed by atoms with Crippen LogP contribution in [0.15, 0.2) is 36.4 Å². The highest BCUT2D eigenvalue weighted by Crippen LogP contribution is 2.39. The predicted octanol–water partition coefficient (Wildman–Crippen LogP) is 5.61. The molecule has 1 fully saturated rings. The average Bonchev–Trinajstić information content (AvgIpc) is 2.67. The fourth-order valence-corrected chi connectivity index (χ4v) is 3.99. The van der Waals surface area contributed by atoms with Crippen molar-refractivity contribution in [1.29, 1.82) is 0 Å². The molecule has 1 saturated heterocycles. The summed E-state index contributed by atoms with van der Waals surface area (Å²) in [4.78, 5) is 2.66. The van der Waals surface area contributed by atoms with Gasteiger partial charge >= 0.3 is 0 Å². The van der Waals surface area contributed by atoms with Gasteiger partial charge in [-0.1, -0.05) is 56.5 Å². The minimum Gasteiger partial charge on any atom is -0.494 e. The number of nitrogens with zero attached hydrogens (tertiary/aromatic N) is 1. The molecule has 3 nitrogen and oxygen atoms in total. The lowest BCUT2D eigenvalue weighted by molar-refractivity contribution is 0.160. The van der Waals surface area contributed by atoms with Gasteiger partial charge in [-0.25, -0.2) is 0 Å². The molecule has 0 bridgehead atoms. The van der Waals surface area contributed by atoms with Gasteiger partial charge in [-0.2, -0.15) is 0 Å². The Morgan fingerprint density at radius 3 is 2.44 bits per heavy atom. The Balaban J connectivity index is 0.00000182. The molecule has 1 atom stereocenters. The van der Waals surface area contributed by atoms with Crippen LogP contribution >= 0.6 is 24.8 Å². The lowest BCUT2D eigenvalue weighted by atomic mass is 9.92. The van der Waals surface area contributed by atoms with E-state index in [2.05, 4.69) is 60.5 Å². The van der Waals surface area contributed by atoms with E-state index in [1.165, 1.54) is 42.0 Å². The summed E-state index contributed by atoms with van der Waals surface area (Å²) >= 11 is 0. The highest BCUT2D eigenvalue weighted by molar-refractivity contribution is 5.88. The van der Waals surface area contributed by atoms with E-state index in [4.69, 9.17) is 4.74 Å². The maximum atomic E-state index is 6.08. The molecule has 0 aromatic heterocycles. The summed E-state index contributed by atoms with van der Waals surface area (Å²) in [7, 11) is 0. The standard InChI is InChI=1S/C22H32N2O.2ClH/c1-3-5-6-11-20(24-16-14-23-15-17-24)22-19-10-8-7-9-18(19)12-13-21(22)25-4-2;;/h7-10,12-13,20,23H,3-6,11,14-17H2,1-2H3;2*1H/t20-;;/m1../s1. The van der Waals surface area contributed by atoms with Crippen LogP contribution in [0.2, 0.25) is 0 Å². The Labute approximate surface area is 176 Å². The second kappa shape index (κ2) is 12.5. The molecular formula is C22H34Cl2N2O. The van der Waals surface area contributed by atoms with E-state index in [1.807, 2.05) is 0 Å². The van der Waals surface area contributed by atoms with Crippen LogP contribution in [0.25, 0.3) is 10.8 Å². The van der Waals surface area contributed by atoms with Crippen LogP contribution in [-0.2, 0) is 0 Å². The first-order valence-corrected chi connectivity index (χ1v) is 9.94. The monoisotopic (exact) mass is 412 g/mol. The van der Waals surface area contributed by atoms with Gasteiger partial charge in [0.1, 0.15) is 5.75 Å². The number of piperazine rings is 1. The Morgan fingerprint density at radius 1 is 1.00 bits per heavy atom. The molecule has 0 amide bonds. The predicted molar refractivity (Wildman–Crippen MR) is 121 cm³/mol. The molecule has 3 rings (SSSR count). The van der Waals surface area contributed by atoms with Gasteiger partial charge in [0.05, 0.1) is 6.61 Å². The van der Waals surface area contributed by atoms with Crippen LogP contribution in [0, 0.1) is 0 Å². The fourth-order valence-electron chi connectivity index (χ4n) is 3.99. The number of fused-ring (bicyclic) bond motifs is 1. The van der Waals surface area contributed by atoms with Crippen molar-refractivity contribution in [1.82, 2.24) is 10.2 Å². The minimum atomic E-state index is 0. The second-order valence-electron chi connectivity index (χ2n) is 6.93.